The summed E-state index contributed by atoms with van der Waals surface area (Å²) in [5.41, 5.74) is 3.71. The number of methoxy groups -OCH3 is 1. The monoisotopic (exact) mass is 554 g/mol. The average Bonchev–Trinajstić information content (AvgIpc) is 3.51. The summed E-state index contributed by atoms with van der Waals surface area (Å²) < 4.78 is 33.3. The van der Waals surface area contributed by atoms with Crippen LogP contribution in [0.3, 0.4) is 0 Å². The lowest BCUT2D eigenvalue weighted by atomic mass is 10.0. The van der Waals surface area contributed by atoms with Gasteiger partial charge in [0, 0.05) is 11.8 Å². The Bertz CT molecular complexity index is 1290. The molecule has 212 valence electrons. The normalized spacial score (nSPS) is 24.8. The van der Waals surface area contributed by atoms with Gasteiger partial charge >= 0.3 is 0 Å². The summed E-state index contributed by atoms with van der Waals surface area (Å²) in [6, 6.07) is 9.96. The van der Waals surface area contributed by atoms with Crippen LogP contribution >= 0.6 is 0 Å². The summed E-state index contributed by atoms with van der Waals surface area (Å²) >= 11 is 0. The van der Waals surface area contributed by atoms with Crippen LogP contribution in [-0.4, -0.2) is 60.6 Å². The molecule has 0 amide bonds. The van der Waals surface area contributed by atoms with Crippen molar-refractivity contribution in [1.29, 1.82) is 0 Å². The second-order valence-corrected chi connectivity index (χ2v) is 17.3. The number of rotatable bonds is 9. The molecule has 0 radical (unpaired) electrons. The van der Waals surface area contributed by atoms with Gasteiger partial charge in [0.15, 0.2) is 14.1 Å². The van der Waals surface area contributed by atoms with Gasteiger partial charge in [0.2, 0.25) is 5.88 Å². The highest BCUT2D eigenvalue weighted by atomic mass is 28.4. The van der Waals surface area contributed by atoms with E-state index in [1.807, 2.05) is 36.6 Å². The van der Waals surface area contributed by atoms with Gasteiger partial charge in [-0.25, -0.2) is 4.98 Å². The molecule has 2 saturated heterocycles. The third-order valence-corrected chi connectivity index (χ3v) is 12.7. The van der Waals surface area contributed by atoms with Crippen molar-refractivity contribution in [2.24, 2.45) is 0 Å². The molecular formula is C29H42N4O5Si. The number of hydrogen-bond donors (Lipinski definition) is 1. The fourth-order valence-electron chi connectivity index (χ4n) is 5.17. The summed E-state index contributed by atoms with van der Waals surface area (Å²) in [6.45, 7) is 16.7. The summed E-state index contributed by atoms with van der Waals surface area (Å²) in [5.74, 6) is -0.180. The molecular weight excluding hydrogens is 512 g/mol. The summed E-state index contributed by atoms with van der Waals surface area (Å²) in [6.07, 6.45) is 3.28. The van der Waals surface area contributed by atoms with E-state index in [9.17, 15) is 0 Å². The number of nitrogens with zero attached hydrogens (tertiary/aromatic N) is 3. The number of benzene rings is 1. The minimum Gasteiger partial charge on any atom is -0.479 e. The minimum atomic E-state index is -1.94. The third kappa shape index (κ3) is 5.64. The van der Waals surface area contributed by atoms with E-state index >= 15 is 0 Å². The van der Waals surface area contributed by atoms with E-state index < -0.39 is 14.1 Å². The molecule has 2 aromatic heterocycles. The van der Waals surface area contributed by atoms with Crippen LogP contribution in [0.5, 0.6) is 5.88 Å². The maximum Gasteiger partial charge on any atom is 0.241 e. The predicted molar refractivity (Wildman–Crippen MR) is 152 cm³/mol. The van der Waals surface area contributed by atoms with Crippen LogP contribution in [0.4, 0.5) is 0 Å². The Hall–Kier alpha value is -2.34. The minimum absolute atomic E-state index is 0.0210. The molecule has 4 atom stereocenters. The van der Waals surface area contributed by atoms with Crippen LogP contribution in [0.2, 0.25) is 18.1 Å². The van der Waals surface area contributed by atoms with Gasteiger partial charge in [-0.3, -0.25) is 0 Å². The maximum atomic E-state index is 6.63. The lowest BCUT2D eigenvalue weighted by Gasteiger charge is -2.37. The van der Waals surface area contributed by atoms with Crippen molar-refractivity contribution in [3.8, 4) is 5.88 Å². The molecule has 1 aromatic carbocycles. The largest absolute Gasteiger partial charge is 0.479 e. The number of aromatic nitrogens is 3. The van der Waals surface area contributed by atoms with Gasteiger partial charge in [-0.15, -0.1) is 0 Å². The van der Waals surface area contributed by atoms with Crippen LogP contribution in [-0.2, 0) is 32.0 Å². The topological polar surface area (TPSA) is 88.9 Å². The Morgan fingerprint density at radius 2 is 1.79 bits per heavy atom. The first-order valence-electron chi connectivity index (χ1n) is 13.7. The molecule has 0 spiro atoms. The molecule has 39 heavy (non-hydrogen) atoms. The quantitative estimate of drug-likeness (QED) is 0.363. The van der Waals surface area contributed by atoms with Crippen molar-refractivity contribution in [3.63, 3.8) is 0 Å². The Labute approximate surface area is 232 Å². The van der Waals surface area contributed by atoms with Crippen molar-refractivity contribution in [1.82, 2.24) is 19.9 Å². The lowest BCUT2D eigenvalue weighted by molar-refractivity contribution is -0.157. The molecule has 4 unspecified atom stereocenters. The van der Waals surface area contributed by atoms with Crippen molar-refractivity contribution < 1.29 is 23.4 Å². The van der Waals surface area contributed by atoms with Gasteiger partial charge < -0.3 is 33.3 Å². The van der Waals surface area contributed by atoms with Crippen LogP contribution in [0.25, 0.3) is 11.0 Å². The van der Waals surface area contributed by atoms with E-state index in [4.69, 9.17) is 23.4 Å². The van der Waals surface area contributed by atoms with Crippen molar-refractivity contribution >= 4 is 19.4 Å². The first-order chi connectivity index (χ1) is 18.4. The molecule has 2 aliphatic heterocycles. The Balaban J connectivity index is 1.44. The Kier molecular flexibility index (Phi) is 7.64. The van der Waals surface area contributed by atoms with Gasteiger partial charge in [0.25, 0.3) is 0 Å². The molecule has 3 aromatic rings. The van der Waals surface area contributed by atoms with Crippen LogP contribution in [0, 0.1) is 0 Å². The molecule has 0 aliphatic carbocycles. The van der Waals surface area contributed by atoms with Crippen molar-refractivity contribution in [3.05, 3.63) is 54.0 Å². The van der Waals surface area contributed by atoms with E-state index in [0.29, 0.717) is 25.8 Å². The standard InChI is InChI=1S/C29H42N4O5Si/c1-28(2,3)39(7,8)36-16-21-25-26(38-29(4,5)37-25)23(32-21)20-14-33(18-35-15-19-12-10-9-11-13-19)24-22(20)30-17-31-27(24)34-6/h9-14,17,21,23,25-26,32H,15-16,18H2,1-8H3. The second kappa shape index (κ2) is 10.6. The zero-order valence-electron chi connectivity index (χ0n) is 24.4. The maximum absolute atomic E-state index is 6.63. The molecule has 4 heterocycles. The molecule has 9 nitrogen and oxygen atoms in total. The van der Waals surface area contributed by atoms with Crippen LogP contribution < -0.4 is 10.1 Å². The van der Waals surface area contributed by atoms with Gasteiger partial charge in [-0.2, -0.15) is 4.98 Å². The van der Waals surface area contributed by atoms with Crippen molar-refractivity contribution in [2.75, 3.05) is 13.7 Å². The zero-order chi connectivity index (χ0) is 28.0. The van der Waals surface area contributed by atoms with Gasteiger partial charge in [0.1, 0.15) is 36.3 Å². The van der Waals surface area contributed by atoms with Gasteiger partial charge in [-0.1, -0.05) is 51.1 Å². The SMILES string of the molecule is COc1ncnc2c(C3NC(CO[Si](C)(C)C(C)(C)C)C4OC(C)(C)OC34)cn(COCc3ccccc3)c12. The zero-order valence-corrected chi connectivity index (χ0v) is 25.4. The summed E-state index contributed by atoms with van der Waals surface area (Å²) in [7, 11) is -0.319. The highest BCUT2D eigenvalue weighted by Gasteiger charge is 2.55. The molecule has 5 rings (SSSR count). The fourth-order valence-corrected chi connectivity index (χ4v) is 6.20. The molecule has 2 aliphatic rings. The van der Waals surface area contributed by atoms with E-state index in [1.165, 1.54) is 0 Å². The van der Waals surface area contributed by atoms with E-state index in [0.717, 1.165) is 22.2 Å². The average molecular weight is 555 g/mol. The van der Waals surface area contributed by atoms with E-state index in [1.54, 1.807) is 13.4 Å². The summed E-state index contributed by atoms with van der Waals surface area (Å²) in [4.78, 5) is 9.06. The first-order valence-corrected chi connectivity index (χ1v) is 16.6. The number of nitrogens with one attached hydrogen (secondary N) is 1. The van der Waals surface area contributed by atoms with Gasteiger partial charge in [-0.05, 0) is 37.5 Å². The van der Waals surface area contributed by atoms with E-state index in [2.05, 4.69) is 67.5 Å². The number of hydrogen-bond acceptors (Lipinski definition) is 8. The molecule has 2 fully saturated rings. The smallest absolute Gasteiger partial charge is 0.241 e. The van der Waals surface area contributed by atoms with Gasteiger partial charge in [0.05, 0.1) is 32.4 Å². The Morgan fingerprint density at radius 3 is 2.49 bits per heavy atom. The number of ether oxygens (including phenoxy) is 4. The van der Waals surface area contributed by atoms with Crippen LogP contribution in [0.15, 0.2) is 42.9 Å². The van der Waals surface area contributed by atoms with E-state index in [-0.39, 0.29) is 29.3 Å². The first kappa shape index (κ1) is 28.2. The predicted octanol–water partition coefficient (Wildman–Crippen LogP) is 5.17. The molecule has 10 heteroatoms. The third-order valence-electron chi connectivity index (χ3n) is 8.23. The molecule has 0 saturated carbocycles. The lowest BCUT2D eigenvalue weighted by Crippen LogP contribution is -2.47. The number of fused-ring (bicyclic) bond motifs is 2. The second-order valence-electron chi connectivity index (χ2n) is 12.5. The highest BCUT2D eigenvalue weighted by molar-refractivity contribution is 6.74. The molecule has 1 N–H and O–H groups in total. The summed E-state index contributed by atoms with van der Waals surface area (Å²) in [5, 5.41) is 3.91. The van der Waals surface area contributed by atoms with Crippen molar-refractivity contribution in [2.45, 2.75) is 96.2 Å². The highest BCUT2D eigenvalue weighted by Crippen LogP contribution is 2.45. The fraction of sp³-hybridized carbons (Fsp3) is 0.586. The Morgan fingerprint density at radius 1 is 1.08 bits per heavy atom. The van der Waals surface area contributed by atoms with Crippen LogP contribution in [0.1, 0.15) is 51.8 Å². The molecule has 0 bridgehead atoms.